The first-order chi connectivity index (χ1) is 13.0. The van der Waals surface area contributed by atoms with Crippen molar-refractivity contribution in [1.82, 2.24) is 9.66 Å². The van der Waals surface area contributed by atoms with Gasteiger partial charge in [0, 0.05) is 0 Å². The average Bonchev–Trinajstić information content (AvgIpc) is 2.64. The van der Waals surface area contributed by atoms with E-state index in [9.17, 15) is 9.59 Å². The van der Waals surface area contributed by atoms with Crippen molar-refractivity contribution in [2.45, 2.75) is 13.8 Å². The molecule has 0 saturated heterocycles. The maximum atomic E-state index is 12.5. The van der Waals surface area contributed by atoms with Gasteiger partial charge in [-0.25, -0.2) is 4.79 Å². The van der Waals surface area contributed by atoms with Gasteiger partial charge in [-0.3, -0.25) is 4.79 Å². The molecule has 0 aliphatic rings. The first-order valence-corrected chi connectivity index (χ1v) is 9.50. The summed E-state index contributed by atoms with van der Waals surface area (Å²) >= 11 is 2.15. The standard InChI is InChI=1S/C19H18IN3O4/c1-3-26-16-10-12(9-14(20)17(16)27-4-2)11-21-23-18(24)13-7-5-6-8-15(13)22-19(23)25/h5-11H,3-4H2,1-2H3,(H,22,25). The SMILES string of the molecule is CCOc1cc(C=Nn2c(=O)[nH]c3ccccc3c2=O)cc(I)c1OCC. The van der Waals surface area contributed by atoms with E-state index in [2.05, 4.69) is 32.7 Å². The molecule has 27 heavy (non-hydrogen) atoms. The average molecular weight is 479 g/mol. The Balaban J connectivity index is 2.05. The molecular weight excluding hydrogens is 461 g/mol. The normalized spacial score (nSPS) is 11.2. The molecule has 0 fully saturated rings. The number of aromatic nitrogens is 2. The van der Waals surface area contributed by atoms with E-state index in [4.69, 9.17) is 9.47 Å². The minimum absolute atomic E-state index is 0.394. The van der Waals surface area contributed by atoms with Crippen molar-refractivity contribution in [2.75, 3.05) is 13.2 Å². The summed E-state index contributed by atoms with van der Waals surface area (Å²) in [7, 11) is 0. The summed E-state index contributed by atoms with van der Waals surface area (Å²) < 4.78 is 12.9. The lowest BCUT2D eigenvalue weighted by Gasteiger charge is -2.13. The molecule has 3 rings (SSSR count). The van der Waals surface area contributed by atoms with Crippen LogP contribution in [0.4, 0.5) is 0 Å². The Kier molecular flexibility index (Phi) is 5.94. The maximum absolute atomic E-state index is 12.5. The highest BCUT2D eigenvalue weighted by Gasteiger charge is 2.11. The number of rotatable bonds is 6. The van der Waals surface area contributed by atoms with E-state index in [1.54, 1.807) is 30.3 Å². The van der Waals surface area contributed by atoms with Crippen LogP contribution in [0.15, 0.2) is 51.1 Å². The molecule has 1 aromatic heterocycles. The molecule has 0 radical (unpaired) electrons. The van der Waals surface area contributed by atoms with Crippen molar-refractivity contribution < 1.29 is 9.47 Å². The van der Waals surface area contributed by atoms with Gasteiger partial charge in [-0.2, -0.15) is 5.10 Å². The Bertz CT molecular complexity index is 1120. The van der Waals surface area contributed by atoms with Gasteiger partial charge in [-0.05, 0) is 66.3 Å². The van der Waals surface area contributed by atoms with E-state index >= 15 is 0 Å². The molecule has 0 unspecified atom stereocenters. The summed E-state index contributed by atoms with van der Waals surface area (Å²) in [5.74, 6) is 1.25. The van der Waals surface area contributed by atoms with Crippen molar-refractivity contribution in [2.24, 2.45) is 5.10 Å². The molecule has 0 atom stereocenters. The van der Waals surface area contributed by atoms with E-state index in [0.717, 1.165) is 8.25 Å². The number of nitrogens with zero attached hydrogens (tertiary/aromatic N) is 2. The molecule has 0 aliphatic heterocycles. The summed E-state index contributed by atoms with van der Waals surface area (Å²) in [4.78, 5) is 27.4. The molecule has 0 amide bonds. The van der Waals surface area contributed by atoms with Crippen LogP contribution < -0.4 is 20.7 Å². The molecule has 2 aromatic carbocycles. The number of nitrogens with one attached hydrogen (secondary N) is 1. The number of H-pyrrole nitrogens is 1. The second kappa shape index (κ2) is 8.38. The second-order valence-corrected chi connectivity index (χ2v) is 6.70. The first kappa shape index (κ1) is 19.2. The van der Waals surface area contributed by atoms with Crippen molar-refractivity contribution in [1.29, 1.82) is 0 Å². The molecule has 0 saturated carbocycles. The molecule has 3 aromatic rings. The zero-order valence-corrected chi connectivity index (χ0v) is 17.0. The van der Waals surface area contributed by atoms with E-state index in [1.165, 1.54) is 6.21 Å². The fraction of sp³-hybridized carbons (Fsp3) is 0.211. The van der Waals surface area contributed by atoms with Crippen molar-refractivity contribution >= 4 is 39.7 Å². The predicted molar refractivity (Wildman–Crippen MR) is 113 cm³/mol. The molecule has 1 heterocycles. The Morgan fingerprint density at radius 2 is 1.89 bits per heavy atom. The van der Waals surface area contributed by atoms with Crippen molar-refractivity contribution in [3.8, 4) is 11.5 Å². The van der Waals surface area contributed by atoms with Gasteiger partial charge in [-0.15, -0.1) is 4.68 Å². The molecule has 8 heteroatoms. The van der Waals surface area contributed by atoms with Crippen LogP contribution in [0.2, 0.25) is 0 Å². The monoisotopic (exact) mass is 479 g/mol. The van der Waals surface area contributed by atoms with Gasteiger partial charge >= 0.3 is 5.69 Å². The lowest BCUT2D eigenvalue weighted by Crippen LogP contribution is -2.32. The number of hydrogen-bond acceptors (Lipinski definition) is 5. The molecule has 0 bridgehead atoms. The van der Waals surface area contributed by atoms with E-state index in [-0.39, 0.29) is 0 Å². The number of hydrogen-bond donors (Lipinski definition) is 1. The quantitative estimate of drug-likeness (QED) is 0.435. The molecule has 7 nitrogen and oxygen atoms in total. The molecular formula is C19H18IN3O4. The van der Waals surface area contributed by atoms with Gasteiger partial charge in [0.2, 0.25) is 0 Å². The van der Waals surface area contributed by atoms with Gasteiger partial charge in [0.15, 0.2) is 11.5 Å². The molecule has 1 N–H and O–H groups in total. The molecule has 0 aliphatic carbocycles. The van der Waals surface area contributed by atoms with Crippen LogP contribution in [0.25, 0.3) is 10.9 Å². The van der Waals surface area contributed by atoms with Gasteiger partial charge in [0.05, 0.1) is 33.9 Å². The number of fused-ring (bicyclic) bond motifs is 1. The lowest BCUT2D eigenvalue weighted by molar-refractivity contribution is 0.286. The van der Waals surface area contributed by atoms with Crippen LogP contribution in [0.5, 0.6) is 11.5 Å². The van der Waals surface area contributed by atoms with Gasteiger partial charge < -0.3 is 14.5 Å². The highest BCUT2D eigenvalue weighted by atomic mass is 127. The molecule has 140 valence electrons. The first-order valence-electron chi connectivity index (χ1n) is 8.42. The van der Waals surface area contributed by atoms with Crippen molar-refractivity contribution in [3.63, 3.8) is 0 Å². The van der Waals surface area contributed by atoms with Crippen LogP contribution in [-0.4, -0.2) is 29.1 Å². The summed E-state index contributed by atoms with van der Waals surface area (Å²) in [6.07, 6.45) is 1.45. The number of halogens is 1. The minimum atomic E-state index is -0.597. The highest BCUT2D eigenvalue weighted by molar-refractivity contribution is 14.1. The zero-order chi connectivity index (χ0) is 19.4. The lowest BCUT2D eigenvalue weighted by atomic mass is 10.2. The summed E-state index contributed by atoms with van der Waals surface area (Å²) in [5.41, 5.74) is 0.0934. The van der Waals surface area contributed by atoms with Crippen molar-refractivity contribution in [3.05, 3.63) is 66.4 Å². The number of aromatic amines is 1. The topological polar surface area (TPSA) is 85.7 Å². The third-order valence-electron chi connectivity index (χ3n) is 3.73. The third kappa shape index (κ3) is 4.05. The number of para-hydroxylation sites is 1. The largest absolute Gasteiger partial charge is 0.490 e. The van der Waals surface area contributed by atoms with E-state index < -0.39 is 11.2 Å². The Hall–Kier alpha value is -2.62. The van der Waals surface area contributed by atoms with Gasteiger partial charge in [0.25, 0.3) is 5.56 Å². The summed E-state index contributed by atoms with van der Waals surface area (Å²) in [6, 6.07) is 10.4. The fourth-order valence-electron chi connectivity index (χ4n) is 2.59. The maximum Gasteiger partial charge on any atom is 0.349 e. The van der Waals surface area contributed by atoms with Gasteiger partial charge in [0.1, 0.15) is 0 Å². The fourth-order valence-corrected chi connectivity index (χ4v) is 3.37. The Labute approximate surface area is 168 Å². The van der Waals surface area contributed by atoms with Gasteiger partial charge in [-0.1, -0.05) is 12.1 Å². The highest BCUT2D eigenvalue weighted by Crippen LogP contribution is 2.33. The number of benzene rings is 2. The summed E-state index contributed by atoms with van der Waals surface area (Å²) in [5, 5.41) is 4.47. The minimum Gasteiger partial charge on any atom is -0.490 e. The Morgan fingerprint density at radius 3 is 2.63 bits per heavy atom. The third-order valence-corrected chi connectivity index (χ3v) is 4.53. The zero-order valence-electron chi connectivity index (χ0n) is 14.9. The van der Waals surface area contributed by atoms with E-state index in [0.29, 0.717) is 41.2 Å². The van der Waals surface area contributed by atoms with Crippen LogP contribution in [0.1, 0.15) is 19.4 Å². The smallest absolute Gasteiger partial charge is 0.349 e. The summed E-state index contributed by atoms with van der Waals surface area (Å²) in [6.45, 7) is 4.79. The van der Waals surface area contributed by atoms with E-state index in [1.807, 2.05) is 19.9 Å². The van der Waals surface area contributed by atoms with Crippen LogP contribution >= 0.6 is 22.6 Å². The Morgan fingerprint density at radius 1 is 1.15 bits per heavy atom. The van der Waals surface area contributed by atoms with Crippen LogP contribution in [0, 0.1) is 3.57 Å². The van der Waals surface area contributed by atoms with Crippen LogP contribution in [0.3, 0.4) is 0 Å². The van der Waals surface area contributed by atoms with Crippen LogP contribution in [-0.2, 0) is 0 Å². The second-order valence-electron chi connectivity index (χ2n) is 5.53. The predicted octanol–water partition coefficient (Wildman–Crippen LogP) is 2.97. The molecule has 0 spiro atoms. The number of ether oxygens (including phenoxy) is 2.